The molecule has 6 amide bonds. The van der Waals surface area contributed by atoms with Crippen molar-refractivity contribution in [1.82, 2.24) is 20.9 Å². The standard InChI is InChI=1S/C51H49Cl2FN6O6/c52-31-16-21-37-39(26-31)57-49(66)51(37)42(35-8-5-9-38(53)43(35)54)44(59-50(51)24-2-1-3-25-50)47(64)56-33-19-14-30(15-20-33)45(62)55-32-17-11-28(12-18-32)10-13-29-6-4-7-34-36(29)27-60(48(34)65)40-22-23-41(61)58-46(40)63/h4-10,13-16,19-21,26,28,32,40,42,44,59H,1-3,11-12,17-18,22-25,27H2,(H,55,62)(H,56,64)(H,57,66)(H,58,61,63)/b13-10-/t28?,32?,40?,42-,44+,51+/m0/s1. The second kappa shape index (κ2) is 17.4. The van der Waals surface area contributed by atoms with Crippen LogP contribution in [0.2, 0.25) is 10.0 Å². The Morgan fingerprint density at radius 3 is 2.36 bits per heavy atom. The molecular weight excluding hydrogens is 883 g/mol. The van der Waals surface area contributed by atoms with Gasteiger partial charge >= 0.3 is 0 Å². The van der Waals surface area contributed by atoms with Crippen molar-refractivity contribution < 1.29 is 33.2 Å². The number of benzene rings is 4. The van der Waals surface area contributed by atoms with E-state index in [4.69, 9.17) is 23.2 Å². The number of allylic oxidation sites excluding steroid dienone is 1. The van der Waals surface area contributed by atoms with Crippen molar-refractivity contribution in [2.75, 3.05) is 10.6 Å². The average Bonchev–Trinajstić information content (AvgIpc) is 3.91. The second-order valence-electron chi connectivity index (χ2n) is 18.6. The van der Waals surface area contributed by atoms with Gasteiger partial charge in [0.1, 0.15) is 17.3 Å². The zero-order chi connectivity index (χ0) is 45.9. The highest BCUT2D eigenvalue weighted by atomic mass is 35.5. The number of rotatable bonds is 8. The molecule has 1 unspecified atom stereocenters. The molecule has 66 heavy (non-hydrogen) atoms. The van der Waals surface area contributed by atoms with Gasteiger partial charge in [-0.15, -0.1) is 0 Å². The molecule has 2 saturated carbocycles. The van der Waals surface area contributed by atoms with Crippen molar-refractivity contribution in [3.8, 4) is 0 Å². The number of hydrogen-bond donors (Lipinski definition) is 5. The molecule has 15 heteroatoms. The maximum absolute atomic E-state index is 16.3. The molecule has 6 aliphatic rings. The van der Waals surface area contributed by atoms with E-state index in [2.05, 4.69) is 38.7 Å². The Morgan fingerprint density at radius 1 is 0.848 bits per heavy atom. The largest absolute Gasteiger partial charge is 0.349 e. The third-order valence-corrected chi connectivity index (χ3v) is 15.5. The van der Waals surface area contributed by atoms with Gasteiger partial charge in [-0.3, -0.25) is 39.4 Å². The van der Waals surface area contributed by atoms with Gasteiger partial charge in [0, 0.05) is 58.0 Å². The summed E-state index contributed by atoms with van der Waals surface area (Å²) >= 11 is 12.8. The summed E-state index contributed by atoms with van der Waals surface area (Å²) in [6, 6.07) is 20.5. The van der Waals surface area contributed by atoms with Gasteiger partial charge in [0.05, 0.1) is 11.1 Å². The summed E-state index contributed by atoms with van der Waals surface area (Å²) in [6.07, 6.45) is 11.8. The monoisotopic (exact) mass is 930 g/mol. The van der Waals surface area contributed by atoms with Crippen molar-refractivity contribution in [2.45, 2.75) is 112 Å². The van der Waals surface area contributed by atoms with E-state index in [9.17, 15) is 28.8 Å². The van der Waals surface area contributed by atoms with Gasteiger partial charge in [-0.1, -0.05) is 84.9 Å². The number of nitrogens with zero attached hydrogens (tertiary/aromatic N) is 1. The second-order valence-corrected chi connectivity index (χ2v) is 19.5. The van der Waals surface area contributed by atoms with Crippen molar-refractivity contribution in [1.29, 1.82) is 0 Å². The van der Waals surface area contributed by atoms with E-state index in [-0.39, 0.29) is 52.6 Å². The Labute approximate surface area is 391 Å². The van der Waals surface area contributed by atoms with Crippen LogP contribution in [-0.4, -0.2) is 64.0 Å². The molecule has 340 valence electrons. The van der Waals surface area contributed by atoms with Gasteiger partial charge in [-0.25, -0.2) is 4.39 Å². The van der Waals surface area contributed by atoms with Crippen LogP contribution < -0.4 is 26.6 Å². The molecule has 0 bridgehead atoms. The lowest BCUT2D eigenvalue weighted by Gasteiger charge is -2.47. The molecule has 0 radical (unpaired) electrons. The number of piperidine rings is 1. The van der Waals surface area contributed by atoms with Crippen LogP contribution in [0.3, 0.4) is 0 Å². The van der Waals surface area contributed by atoms with Gasteiger partial charge in [0.15, 0.2) is 0 Å². The third kappa shape index (κ3) is 7.49. The number of hydrogen-bond acceptors (Lipinski definition) is 7. The molecule has 2 aliphatic carbocycles. The maximum Gasteiger partial charge on any atom is 0.255 e. The average molecular weight is 932 g/mol. The fourth-order valence-corrected chi connectivity index (χ4v) is 12.2. The van der Waals surface area contributed by atoms with Crippen molar-refractivity contribution in [2.24, 2.45) is 5.92 Å². The molecule has 4 aliphatic heterocycles. The highest BCUT2D eigenvalue weighted by molar-refractivity contribution is 6.31. The minimum Gasteiger partial charge on any atom is -0.349 e. The van der Waals surface area contributed by atoms with Crippen LogP contribution in [0.1, 0.15) is 120 Å². The molecule has 4 atom stereocenters. The minimum absolute atomic E-state index is 0.0205. The number of halogens is 3. The molecule has 4 aromatic carbocycles. The molecule has 0 aromatic heterocycles. The zero-order valence-corrected chi connectivity index (χ0v) is 37.6. The van der Waals surface area contributed by atoms with Gasteiger partial charge in [-0.2, -0.15) is 0 Å². The molecule has 2 spiro atoms. The number of carbonyl (C=O) groups excluding carboxylic acids is 6. The van der Waals surface area contributed by atoms with E-state index >= 15 is 4.39 Å². The van der Waals surface area contributed by atoms with E-state index in [1.54, 1.807) is 59.5 Å². The maximum atomic E-state index is 16.3. The number of nitrogens with one attached hydrogen (secondary N) is 5. The van der Waals surface area contributed by atoms with Gasteiger partial charge in [-0.05, 0) is 122 Å². The molecule has 4 heterocycles. The molecule has 12 nitrogen and oxygen atoms in total. The van der Waals surface area contributed by atoms with Crippen LogP contribution in [0.15, 0.2) is 84.9 Å². The number of anilines is 2. The Balaban J connectivity index is 0.800. The van der Waals surface area contributed by atoms with Crippen molar-refractivity contribution in [3.63, 3.8) is 0 Å². The first-order valence-corrected chi connectivity index (χ1v) is 23.6. The highest BCUT2D eigenvalue weighted by Crippen LogP contribution is 2.63. The topological polar surface area (TPSA) is 166 Å². The smallest absolute Gasteiger partial charge is 0.255 e. The molecule has 5 N–H and O–H groups in total. The Hall–Kier alpha value is -5.89. The van der Waals surface area contributed by atoms with Crippen LogP contribution in [-0.2, 0) is 31.1 Å². The summed E-state index contributed by atoms with van der Waals surface area (Å²) in [7, 11) is 0. The number of carbonyl (C=O) groups is 6. The zero-order valence-electron chi connectivity index (χ0n) is 36.1. The van der Waals surface area contributed by atoms with Crippen LogP contribution in [0.25, 0.3) is 6.08 Å². The molecule has 4 aromatic rings. The first-order chi connectivity index (χ1) is 31.9. The normalized spacial score (nSPS) is 26.7. The number of fused-ring (bicyclic) bond motifs is 4. The number of amides is 6. The minimum atomic E-state index is -1.36. The summed E-state index contributed by atoms with van der Waals surface area (Å²) in [4.78, 5) is 81.8. The molecule has 4 fully saturated rings. The van der Waals surface area contributed by atoms with E-state index in [1.165, 1.54) is 6.07 Å². The van der Waals surface area contributed by atoms with Gasteiger partial charge in [0.25, 0.3) is 11.8 Å². The first kappa shape index (κ1) is 44.0. The number of imide groups is 1. The van der Waals surface area contributed by atoms with Crippen LogP contribution in [0.5, 0.6) is 0 Å². The van der Waals surface area contributed by atoms with Gasteiger partial charge < -0.3 is 20.9 Å². The predicted octanol–water partition coefficient (Wildman–Crippen LogP) is 8.18. The summed E-state index contributed by atoms with van der Waals surface area (Å²) in [6.45, 7) is 0.309. The molecule has 10 rings (SSSR count). The Bertz CT molecular complexity index is 2710. The summed E-state index contributed by atoms with van der Waals surface area (Å²) in [5.74, 6) is -3.31. The predicted molar refractivity (Wildman–Crippen MR) is 248 cm³/mol. The van der Waals surface area contributed by atoms with E-state index in [0.717, 1.165) is 56.1 Å². The van der Waals surface area contributed by atoms with Crippen LogP contribution >= 0.6 is 23.2 Å². The fourth-order valence-electron chi connectivity index (χ4n) is 11.9. The quantitative estimate of drug-likeness (QED) is 0.111. The molecule has 2 saturated heterocycles. The van der Waals surface area contributed by atoms with E-state index in [0.29, 0.717) is 58.9 Å². The molecular formula is C51H49Cl2FN6O6. The summed E-state index contributed by atoms with van der Waals surface area (Å²) in [5, 5.41) is 15.6. The summed E-state index contributed by atoms with van der Waals surface area (Å²) in [5.41, 5.74) is 2.40. The highest BCUT2D eigenvalue weighted by Gasteiger charge is 2.72. The Kier molecular flexibility index (Phi) is 11.6. The van der Waals surface area contributed by atoms with Crippen molar-refractivity contribution in [3.05, 3.63) is 134 Å². The Morgan fingerprint density at radius 2 is 1.61 bits per heavy atom. The SMILES string of the molecule is O=C1CCC(N2Cc3c(/C=C\C4CCC(NC(=O)c5ccc(NC(=O)[C@@H]6NC7(CCCCC7)[C@@]7(C(=O)Nc8cc(Cl)ccc87)[C@H]6c6cccc(Cl)c6F)cc5)CC4)cccc3C2=O)C(=O)N1. The van der Waals surface area contributed by atoms with Crippen LogP contribution in [0.4, 0.5) is 15.8 Å². The lowest BCUT2D eigenvalue weighted by Crippen LogP contribution is -2.60. The lowest BCUT2D eigenvalue weighted by atomic mass is 9.55. The fraction of sp³-hybridized carbons (Fsp3) is 0.373. The van der Waals surface area contributed by atoms with Crippen molar-refractivity contribution >= 4 is 76.1 Å². The van der Waals surface area contributed by atoms with Crippen LogP contribution in [0, 0.1) is 11.7 Å². The lowest BCUT2D eigenvalue weighted by molar-refractivity contribution is -0.137. The van der Waals surface area contributed by atoms with Gasteiger partial charge in [0.2, 0.25) is 23.6 Å². The first-order valence-electron chi connectivity index (χ1n) is 22.9. The third-order valence-electron chi connectivity index (χ3n) is 15.0. The van der Waals surface area contributed by atoms with E-state index in [1.807, 2.05) is 18.2 Å². The van der Waals surface area contributed by atoms with E-state index < -0.39 is 46.6 Å². The summed E-state index contributed by atoms with van der Waals surface area (Å²) < 4.78 is 16.3.